The van der Waals surface area contributed by atoms with Crippen LogP contribution in [0, 0.1) is 11.8 Å². The van der Waals surface area contributed by atoms with E-state index >= 15 is 0 Å². The first kappa shape index (κ1) is 16.8. The average molecular weight is 294 g/mol. The van der Waals surface area contributed by atoms with Gasteiger partial charge in [-0.1, -0.05) is 18.8 Å². The van der Waals surface area contributed by atoms with Crippen LogP contribution in [0.2, 0.25) is 0 Å². The Hall–Kier alpha value is -0.600. The highest BCUT2D eigenvalue weighted by Crippen LogP contribution is 2.22. The zero-order chi connectivity index (χ0) is 15.1. The summed E-state index contributed by atoms with van der Waals surface area (Å²) in [5.74, 6) is 6.67. The van der Waals surface area contributed by atoms with Crippen molar-refractivity contribution in [1.29, 1.82) is 0 Å². The van der Waals surface area contributed by atoms with Crippen molar-refractivity contribution in [3.05, 3.63) is 0 Å². The molecule has 0 unspecified atom stereocenters. The molecule has 0 saturated carbocycles. The van der Waals surface area contributed by atoms with Crippen molar-refractivity contribution < 1.29 is 9.47 Å². The molecule has 2 saturated heterocycles. The molecule has 2 rings (SSSR count). The standard InChI is InChI=1S/C17H30N2O2/c1-4-17(2,21-16-8-5-6-15-20-16)9-7-10-19-13-11-18(3)12-14-19/h16H,4-6,8,10-15H2,1-3H3/t16-,17+/m1/s1. The summed E-state index contributed by atoms with van der Waals surface area (Å²) in [7, 11) is 2.18. The lowest BCUT2D eigenvalue weighted by Gasteiger charge is -2.32. The van der Waals surface area contributed by atoms with Crippen LogP contribution in [-0.2, 0) is 9.47 Å². The lowest BCUT2D eigenvalue weighted by molar-refractivity contribution is -0.204. The number of hydrogen-bond donors (Lipinski definition) is 0. The summed E-state index contributed by atoms with van der Waals surface area (Å²) in [6, 6.07) is 0. The van der Waals surface area contributed by atoms with Gasteiger partial charge in [0.05, 0.1) is 6.54 Å². The smallest absolute Gasteiger partial charge is 0.159 e. The summed E-state index contributed by atoms with van der Waals surface area (Å²) in [6.45, 7) is 10.4. The zero-order valence-electron chi connectivity index (χ0n) is 13.9. The summed E-state index contributed by atoms with van der Waals surface area (Å²) in [5.41, 5.74) is -0.380. The minimum absolute atomic E-state index is 0.0679. The molecule has 0 N–H and O–H groups in total. The average Bonchev–Trinajstić information content (AvgIpc) is 2.50. The predicted octanol–water partition coefficient (Wildman–Crippen LogP) is 1.95. The molecule has 4 nitrogen and oxygen atoms in total. The minimum atomic E-state index is -0.380. The van der Waals surface area contributed by atoms with E-state index < -0.39 is 0 Å². The van der Waals surface area contributed by atoms with Crippen molar-refractivity contribution in [1.82, 2.24) is 9.80 Å². The van der Waals surface area contributed by atoms with Crippen molar-refractivity contribution in [3.8, 4) is 11.8 Å². The van der Waals surface area contributed by atoms with Crippen molar-refractivity contribution >= 4 is 0 Å². The monoisotopic (exact) mass is 294 g/mol. The van der Waals surface area contributed by atoms with Gasteiger partial charge in [0.25, 0.3) is 0 Å². The number of likely N-dealkylation sites (N-methyl/N-ethyl adjacent to an activating group) is 1. The molecule has 2 fully saturated rings. The first-order chi connectivity index (χ1) is 10.1. The van der Waals surface area contributed by atoms with E-state index in [1.54, 1.807) is 0 Å². The number of piperazine rings is 1. The molecule has 0 aromatic heterocycles. The van der Waals surface area contributed by atoms with E-state index in [4.69, 9.17) is 9.47 Å². The third kappa shape index (κ3) is 5.60. The Balaban J connectivity index is 1.81. The molecule has 0 bridgehead atoms. The van der Waals surface area contributed by atoms with Crippen LogP contribution >= 0.6 is 0 Å². The summed E-state index contributed by atoms with van der Waals surface area (Å²) < 4.78 is 11.8. The van der Waals surface area contributed by atoms with Gasteiger partial charge in [0.15, 0.2) is 6.29 Å². The molecule has 0 aromatic rings. The quantitative estimate of drug-likeness (QED) is 0.740. The third-order valence-corrected chi connectivity index (χ3v) is 4.46. The lowest BCUT2D eigenvalue weighted by Crippen LogP contribution is -2.44. The molecular formula is C17H30N2O2. The highest BCUT2D eigenvalue weighted by Gasteiger charge is 2.26. The van der Waals surface area contributed by atoms with Crippen LogP contribution in [0.3, 0.4) is 0 Å². The van der Waals surface area contributed by atoms with Gasteiger partial charge >= 0.3 is 0 Å². The van der Waals surface area contributed by atoms with E-state index in [9.17, 15) is 0 Å². The second-order valence-electron chi connectivity index (χ2n) is 6.38. The highest BCUT2D eigenvalue weighted by atomic mass is 16.7. The van der Waals surface area contributed by atoms with E-state index in [0.29, 0.717) is 0 Å². The normalized spacial score (nSPS) is 27.7. The fourth-order valence-electron chi connectivity index (χ4n) is 2.64. The van der Waals surface area contributed by atoms with E-state index in [-0.39, 0.29) is 11.9 Å². The maximum atomic E-state index is 6.11. The van der Waals surface area contributed by atoms with Gasteiger partial charge in [-0.25, -0.2) is 0 Å². The Morgan fingerprint density at radius 2 is 2.00 bits per heavy atom. The van der Waals surface area contributed by atoms with Gasteiger partial charge in [0.1, 0.15) is 5.60 Å². The summed E-state index contributed by atoms with van der Waals surface area (Å²) in [6.07, 6.45) is 4.16. The number of ether oxygens (including phenoxy) is 2. The van der Waals surface area contributed by atoms with E-state index in [1.165, 1.54) is 6.42 Å². The largest absolute Gasteiger partial charge is 0.353 e. The van der Waals surface area contributed by atoms with Crippen LogP contribution in [0.4, 0.5) is 0 Å². The Bertz CT molecular complexity index is 363. The van der Waals surface area contributed by atoms with E-state index in [1.807, 2.05) is 0 Å². The number of nitrogens with zero attached hydrogens (tertiary/aromatic N) is 2. The summed E-state index contributed by atoms with van der Waals surface area (Å²) in [4.78, 5) is 4.78. The van der Waals surface area contributed by atoms with Gasteiger partial charge in [-0.05, 0) is 39.7 Å². The fourth-order valence-corrected chi connectivity index (χ4v) is 2.64. The molecule has 0 aromatic carbocycles. The Kier molecular flexibility index (Phi) is 6.50. The van der Waals surface area contributed by atoms with Crippen molar-refractivity contribution in [2.24, 2.45) is 0 Å². The molecule has 2 atom stereocenters. The number of rotatable bonds is 4. The van der Waals surface area contributed by atoms with Gasteiger partial charge in [0.2, 0.25) is 0 Å². The SMILES string of the molecule is CC[C@@](C)(C#CCN1CCN(C)CC1)O[C@@H]1CCCCO1. The van der Waals surface area contributed by atoms with Gasteiger partial charge in [-0.3, -0.25) is 4.90 Å². The molecule has 2 aliphatic rings. The molecule has 0 aliphatic carbocycles. The summed E-state index contributed by atoms with van der Waals surface area (Å²) in [5, 5.41) is 0. The molecule has 0 radical (unpaired) electrons. The van der Waals surface area contributed by atoms with Crippen LogP contribution in [0.25, 0.3) is 0 Å². The van der Waals surface area contributed by atoms with Crippen LogP contribution in [-0.4, -0.2) is 68.1 Å². The molecule has 21 heavy (non-hydrogen) atoms. The van der Waals surface area contributed by atoms with Gasteiger partial charge in [-0.2, -0.15) is 0 Å². The molecular weight excluding hydrogens is 264 g/mol. The highest BCUT2D eigenvalue weighted by molar-refractivity contribution is 5.14. The molecule has 4 heteroatoms. The van der Waals surface area contributed by atoms with E-state index in [0.717, 1.165) is 58.6 Å². The van der Waals surface area contributed by atoms with Crippen molar-refractivity contribution in [3.63, 3.8) is 0 Å². The first-order valence-corrected chi connectivity index (χ1v) is 8.32. The lowest BCUT2D eigenvalue weighted by atomic mass is 10.0. The zero-order valence-corrected chi connectivity index (χ0v) is 13.9. The van der Waals surface area contributed by atoms with Crippen molar-refractivity contribution in [2.75, 3.05) is 46.4 Å². The van der Waals surface area contributed by atoms with Gasteiger partial charge in [-0.15, -0.1) is 0 Å². The van der Waals surface area contributed by atoms with Crippen LogP contribution in [0.15, 0.2) is 0 Å². The van der Waals surface area contributed by atoms with E-state index in [2.05, 4.69) is 42.5 Å². The maximum Gasteiger partial charge on any atom is 0.159 e. The van der Waals surface area contributed by atoms with Crippen LogP contribution < -0.4 is 0 Å². The second kappa shape index (κ2) is 8.14. The van der Waals surface area contributed by atoms with Crippen LogP contribution in [0.5, 0.6) is 0 Å². The first-order valence-electron chi connectivity index (χ1n) is 8.32. The molecule has 0 spiro atoms. The molecule has 2 aliphatic heterocycles. The van der Waals surface area contributed by atoms with Gasteiger partial charge < -0.3 is 14.4 Å². The van der Waals surface area contributed by atoms with Crippen LogP contribution in [0.1, 0.15) is 39.5 Å². The molecule has 0 amide bonds. The minimum Gasteiger partial charge on any atom is -0.353 e. The Labute approximate surface area is 129 Å². The fraction of sp³-hybridized carbons (Fsp3) is 0.882. The Morgan fingerprint density at radius 3 is 2.62 bits per heavy atom. The third-order valence-electron chi connectivity index (χ3n) is 4.46. The topological polar surface area (TPSA) is 24.9 Å². The molecule has 120 valence electrons. The second-order valence-corrected chi connectivity index (χ2v) is 6.38. The maximum absolute atomic E-state index is 6.11. The Morgan fingerprint density at radius 1 is 1.24 bits per heavy atom. The predicted molar refractivity (Wildman–Crippen MR) is 85.1 cm³/mol. The number of hydrogen-bond acceptors (Lipinski definition) is 4. The molecule has 2 heterocycles. The van der Waals surface area contributed by atoms with Crippen molar-refractivity contribution in [2.45, 2.75) is 51.4 Å². The summed E-state index contributed by atoms with van der Waals surface area (Å²) >= 11 is 0. The van der Waals surface area contributed by atoms with Gasteiger partial charge in [0, 0.05) is 32.8 Å².